The molecule has 8 nitrogen and oxygen atoms in total. The first-order valence-corrected chi connectivity index (χ1v) is 10.00. The molecule has 0 aliphatic carbocycles. The first kappa shape index (κ1) is 21.2. The lowest BCUT2D eigenvalue weighted by Gasteiger charge is -2.15. The van der Waals surface area contributed by atoms with E-state index in [4.69, 9.17) is 16.3 Å². The van der Waals surface area contributed by atoms with Gasteiger partial charge in [-0.1, -0.05) is 48.0 Å². The molecule has 1 heterocycles. The molecule has 0 amide bonds. The van der Waals surface area contributed by atoms with Crippen molar-refractivity contribution in [3.8, 4) is 11.4 Å². The summed E-state index contributed by atoms with van der Waals surface area (Å²) < 4.78 is 6.63. The van der Waals surface area contributed by atoms with E-state index in [2.05, 4.69) is 4.98 Å². The van der Waals surface area contributed by atoms with Crippen LogP contribution in [0.15, 0.2) is 77.6 Å². The highest BCUT2D eigenvalue weighted by Gasteiger charge is 2.21. The Balaban J connectivity index is 1.67. The number of nitro benzene ring substituents is 1. The van der Waals surface area contributed by atoms with Gasteiger partial charge in [-0.15, -0.1) is 0 Å². The number of nitro groups is 1. The maximum Gasteiger partial charge on any atom is 0.345 e. The Bertz CT molecular complexity index is 1400. The maximum atomic E-state index is 13.2. The summed E-state index contributed by atoms with van der Waals surface area (Å²) in [6.07, 6.45) is 0. The molecule has 1 aromatic heterocycles. The SMILES string of the molecule is O=C(OCCn1c(-c2ccccc2Cl)nc2ccccc2c1=O)c1ccccc1[N+](=O)[O-]. The molecule has 3 aromatic carbocycles. The van der Waals surface area contributed by atoms with Crippen LogP contribution in [0, 0.1) is 10.1 Å². The average Bonchev–Trinajstić information content (AvgIpc) is 2.80. The summed E-state index contributed by atoms with van der Waals surface area (Å²) in [5.41, 5.74) is 0.251. The van der Waals surface area contributed by atoms with Gasteiger partial charge < -0.3 is 4.74 Å². The molecular formula is C23H16ClN3O5. The highest BCUT2D eigenvalue weighted by molar-refractivity contribution is 6.33. The molecule has 160 valence electrons. The van der Waals surface area contributed by atoms with Gasteiger partial charge in [0.15, 0.2) is 0 Å². The van der Waals surface area contributed by atoms with E-state index in [0.29, 0.717) is 27.3 Å². The van der Waals surface area contributed by atoms with Crippen molar-refractivity contribution in [1.29, 1.82) is 0 Å². The number of para-hydroxylation sites is 2. The standard InChI is InChI=1S/C23H16ClN3O5/c24-18-10-4-1-7-15(18)21-25-19-11-5-2-8-16(19)22(28)26(21)13-14-32-23(29)17-9-3-6-12-20(17)27(30)31/h1-12H,13-14H2. The fourth-order valence-electron chi connectivity index (χ4n) is 3.34. The Morgan fingerprint density at radius 1 is 1.03 bits per heavy atom. The number of carbonyl (C=O) groups excluding carboxylic acids is 1. The predicted octanol–water partition coefficient (Wildman–Crippen LogP) is 4.48. The summed E-state index contributed by atoms with van der Waals surface area (Å²) in [5.74, 6) is -0.514. The number of rotatable bonds is 6. The lowest BCUT2D eigenvalue weighted by molar-refractivity contribution is -0.385. The minimum Gasteiger partial charge on any atom is -0.460 e. The smallest absolute Gasteiger partial charge is 0.345 e. The highest BCUT2D eigenvalue weighted by Crippen LogP contribution is 2.26. The molecule has 0 saturated heterocycles. The van der Waals surface area contributed by atoms with E-state index in [1.54, 1.807) is 48.5 Å². The van der Waals surface area contributed by atoms with Crippen LogP contribution >= 0.6 is 11.6 Å². The zero-order chi connectivity index (χ0) is 22.7. The Labute approximate surface area is 186 Å². The lowest BCUT2D eigenvalue weighted by Crippen LogP contribution is -2.26. The van der Waals surface area contributed by atoms with Crippen molar-refractivity contribution in [2.75, 3.05) is 6.61 Å². The third-order valence-electron chi connectivity index (χ3n) is 4.85. The zero-order valence-corrected chi connectivity index (χ0v) is 17.4. The lowest BCUT2D eigenvalue weighted by atomic mass is 10.1. The van der Waals surface area contributed by atoms with Crippen LogP contribution in [-0.2, 0) is 11.3 Å². The fraction of sp³-hybridized carbons (Fsp3) is 0.0870. The molecule has 0 aliphatic heterocycles. The second-order valence-electron chi connectivity index (χ2n) is 6.80. The molecule has 0 radical (unpaired) electrons. The number of hydrogen-bond donors (Lipinski definition) is 0. The Kier molecular flexibility index (Phi) is 5.96. The van der Waals surface area contributed by atoms with Gasteiger partial charge in [0.1, 0.15) is 18.0 Å². The van der Waals surface area contributed by atoms with Gasteiger partial charge in [0.2, 0.25) is 0 Å². The van der Waals surface area contributed by atoms with E-state index < -0.39 is 10.9 Å². The van der Waals surface area contributed by atoms with Gasteiger partial charge in [-0.25, -0.2) is 9.78 Å². The van der Waals surface area contributed by atoms with Crippen molar-refractivity contribution < 1.29 is 14.5 Å². The Morgan fingerprint density at radius 2 is 1.72 bits per heavy atom. The number of esters is 1. The van der Waals surface area contributed by atoms with Gasteiger partial charge in [-0.3, -0.25) is 19.5 Å². The molecule has 0 atom stereocenters. The van der Waals surface area contributed by atoms with Gasteiger partial charge >= 0.3 is 5.97 Å². The van der Waals surface area contributed by atoms with E-state index in [1.165, 1.54) is 28.8 Å². The van der Waals surface area contributed by atoms with Gasteiger partial charge in [0.25, 0.3) is 11.2 Å². The van der Waals surface area contributed by atoms with Crippen molar-refractivity contribution in [2.45, 2.75) is 6.54 Å². The highest BCUT2D eigenvalue weighted by atomic mass is 35.5. The summed E-state index contributed by atoms with van der Waals surface area (Å²) in [7, 11) is 0. The monoisotopic (exact) mass is 449 g/mol. The summed E-state index contributed by atoms with van der Waals surface area (Å²) in [4.78, 5) is 40.7. The number of benzene rings is 3. The van der Waals surface area contributed by atoms with Crippen molar-refractivity contribution >= 4 is 34.2 Å². The number of ether oxygens (including phenoxy) is 1. The average molecular weight is 450 g/mol. The number of nitrogens with zero attached hydrogens (tertiary/aromatic N) is 3. The van der Waals surface area contributed by atoms with Crippen LogP contribution in [0.4, 0.5) is 5.69 Å². The molecule has 0 bridgehead atoms. The number of aromatic nitrogens is 2. The third kappa shape index (κ3) is 4.08. The van der Waals surface area contributed by atoms with Gasteiger partial charge in [0.05, 0.1) is 27.4 Å². The van der Waals surface area contributed by atoms with Crippen molar-refractivity contribution in [2.24, 2.45) is 0 Å². The summed E-state index contributed by atoms with van der Waals surface area (Å²) in [6.45, 7) is -0.203. The molecular weight excluding hydrogens is 434 g/mol. The fourth-order valence-corrected chi connectivity index (χ4v) is 3.56. The second-order valence-corrected chi connectivity index (χ2v) is 7.21. The minimum absolute atomic E-state index is 0.0103. The Hall–Kier alpha value is -4.04. The zero-order valence-electron chi connectivity index (χ0n) is 16.6. The van der Waals surface area contributed by atoms with Crippen LogP contribution in [0.1, 0.15) is 10.4 Å². The molecule has 0 N–H and O–H groups in total. The summed E-state index contributed by atoms with van der Waals surface area (Å²) in [5, 5.41) is 12.0. The van der Waals surface area contributed by atoms with E-state index in [-0.39, 0.29) is 30.0 Å². The minimum atomic E-state index is -0.849. The molecule has 9 heteroatoms. The predicted molar refractivity (Wildman–Crippen MR) is 120 cm³/mol. The molecule has 0 aliphatic rings. The van der Waals surface area contributed by atoms with E-state index in [0.717, 1.165) is 0 Å². The normalized spacial score (nSPS) is 10.8. The van der Waals surface area contributed by atoms with Crippen molar-refractivity contribution in [3.63, 3.8) is 0 Å². The number of halogens is 1. The second kappa shape index (κ2) is 8.99. The van der Waals surface area contributed by atoms with E-state index >= 15 is 0 Å². The van der Waals surface area contributed by atoms with E-state index in [9.17, 15) is 19.7 Å². The quantitative estimate of drug-likeness (QED) is 0.244. The third-order valence-corrected chi connectivity index (χ3v) is 5.17. The first-order chi connectivity index (χ1) is 15.5. The van der Waals surface area contributed by atoms with Crippen LogP contribution in [0.25, 0.3) is 22.3 Å². The first-order valence-electron chi connectivity index (χ1n) is 9.62. The topological polar surface area (TPSA) is 104 Å². The van der Waals surface area contributed by atoms with Crippen LogP contribution in [0.2, 0.25) is 5.02 Å². The summed E-state index contributed by atoms with van der Waals surface area (Å²) >= 11 is 6.34. The molecule has 0 saturated carbocycles. The van der Waals surface area contributed by atoms with Gasteiger partial charge in [-0.2, -0.15) is 0 Å². The van der Waals surface area contributed by atoms with Crippen LogP contribution < -0.4 is 5.56 Å². The molecule has 0 unspecified atom stereocenters. The van der Waals surface area contributed by atoms with Gasteiger partial charge in [0, 0.05) is 11.6 Å². The van der Waals surface area contributed by atoms with Gasteiger partial charge in [-0.05, 0) is 30.3 Å². The molecule has 0 spiro atoms. The van der Waals surface area contributed by atoms with Crippen LogP contribution in [0.3, 0.4) is 0 Å². The number of fused-ring (bicyclic) bond motifs is 1. The molecule has 32 heavy (non-hydrogen) atoms. The van der Waals surface area contributed by atoms with Crippen LogP contribution in [0.5, 0.6) is 0 Å². The van der Waals surface area contributed by atoms with Crippen molar-refractivity contribution in [3.05, 3.63) is 104 Å². The number of hydrogen-bond acceptors (Lipinski definition) is 6. The molecule has 4 aromatic rings. The molecule has 4 rings (SSSR count). The maximum absolute atomic E-state index is 13.2. The number of carbonyl (C=O) groups is 1. The van der Waals surface area contributed by atoms with Crippen LogP contribution in [-0.4, -0.2) is 27.1 Å². The summed E-state index contributed by atoms with van der Waals surface area (Å²) in [6, 6.07) is 19.4. The van der Waals surface area contributed by atoms with E-state index in [1.807, 2.05) is 0 Å². The molecule has 0 fully saturated rings. The largest absolute Gasteiger partial charge is 0.460 e. The Morgan fingerprint density at radius 3 is 2.50 bits per heavy atom. The van der Waals surface area contributed by atoms with Crippen molar-refractivity contribution in [1.82, 2.24) is 9.55 Å².